The second-order valence-electron chi connectivity index (χ2n) is 6.83. The number of rotatable bonds is 9. The van der Waals surface area contributed by atoms with Gasteiger partial charge in [-0.15, -0.1) is 0 Å². The van der Waals surface area contributed by atoms with E-state index in [4.69, 9.17) is 0 Å². The van der Waals surface area contributed by atoms with E-state index in [1.165, 1.54) is 0 Å². The number of aliphatic carboxylic acids is 1. The van der Waals surface area contributed by atoms with Crippen LogP contribution in [0.25, 0.3) is 0 Å². The molecule has 0 aliphatic carbocycles. The Morgan fingerprint density at radius 1 is 0.962 bits per heavy atom. The minimum absolute atomic E-state index is 0.00852. The number of benzene rings is 2. The first-order valence-corrected chi connectivity index (χ1v) is 8.94. The molecule has 0 unspecified atom stereocenters. The average Bonchev–Trinajstić information content (AvgIpc) is 2.65. The molecule has 0 radical (unpaired) electrons. The van der Waals surface area contributed by atoms with Crippen molar-refractivity contribution >= 4 is 11.8 Å². The van der Waals surface area contributed by atoms with Crippen molar-refractivity contribution in [3.8, 4) is 0 Å². The van der Waals surface area contributed by atoms with Gasteiger partial charge in [0.05, 0.1) is 11.8 Å². The predicted octanol–water partition coefficient (Wildman–Crippen LogP) is 3.75. The van der Waals surface area contributed by atoms with Crippen LogP contribution in [0.1, 0.15) is 37.3 Å². The predicted molar refractivity (Wildman–Crippen MR) is 103 cm³/mol. The van der Waals surface area contributed by atoms with Gasteiger partial charge in [0, 0.05) is 12.5 Å². The number of ketones is 1. The van der Waals surface area contributed by atoms with Crippen molar-refractivity contribution in [2.45, 2.75) is 37.6 Å². The number of nitrogens with zero attached hydrogens (tertiary/aromatic N) is 1. The number of hydrogen-bond acceptors (Lipinski definition) is 3. The summed E-state index contributed by atoms with van der Waals surface area (Å²) in [6.45, 7) is 1.87. The molecule has 0 saturated carbocycles. The van der Waals surface area contributed by atoms with E-state index in [1.807, 2.05) is 86.6 Å². The first-order chi connectivity index (χ1) is 12.4. The van der Waals surface area contributed by atoms with Gasteiger partial charge in [0.1, 0.15) is 5.78 Å². The Labute approximate surface area is 155 Å². The molecule has 0 fully saturated rings. The zero-order valence-electron chi connectivity index (χ0n) is 15.7. The molecule has 4 heteroatoms. The van der Waals surface area contributed by atoms with E-state index in [9.17, 15) is 14.7 Å². The highest BCUT2D eigenvalue weighted by Crippen LogP contribution is 2.40. The maximum Gasteiger partial charge on any atom is 0.304 e. The molecule has 1 N–H and O–H groups in total. The van der Waals surface area contributed by atoms with E-state index in [0.29, 0.717) is 12.8 Å². The molecule has 138 valence electrons. The Morgan fingerprint density at radius 3 is 1.77 bits per heavy atom. The van der Waals surface area contributed by atoms with Crippen molar-refractivity contribution in [1.82, 2.24) is 4.90 Å². The summed E-state index contributed by atoms with van der Waals surface area (Å²) < 4.78 is 0. The van der Waals surface area contributed by atoms with Crippen LogP contribution in [0.5, 0.6) is 0 Å². The standard InChI is InChI=1S/C22H27NO3/c1-4-20(24)22(17-11-7-5-8-12-17,18-13-9-6-10-14-18)16-19(23(2)3)15-21(25)26/h5-14,19H,4,15-16H2,1-3H3,(H,25,26)/t19-/m0/s1. The maximum absolute atomic E-state index is 13.3. The fourth-order valence-corrected chi connectivity index (χ4v) is 3.58. The third kappa shape index (κ3) is 4.20. The van der Waals surface area contributed by atoms with Gasteiger partial charge >= 0.3 is 5.97 Å². The van der Waals surface area contributed by atoms with Crippen LogP contribution in [0.15, 0.2) is 60.7 Å². The molecule has 0 saturated heterocycles. The van der Waals surface area contributed by atoms with Crippen LogP contribution in [0, 0.1) is 0 Å². The van der Waals surface area contributed by atoms with Gasteiger partial charge in [0.15, 0.2) is 0 Å². The van der Waals surface area contributed by atoms with Gasteiger partial charge in [0.25, 0.3) is 0 Å². The topological polar surface area (TPSA) is 57.6 Å². The fraction of sp³-hybridized carbons (Fsp3) is 0.364. The molecular formula is C22H27NO3. The first-order valence-electron chi connectivity index (χ1n) is 8.94. The highest BCUT2D eigenvalue weighted by molar-refractivity contribution is 5.93. The van der Waals surface area contributed by atoms with Crippen LogP contribution in [-0.4, -0.2) is 41.9 Å². The maximum atomic E-state index is 13.3. The molecule has 2 aromatic rings. The quantitative estimate of drug-likeness (QED) is 0.746. The zero-order chi connectivity index (χ0) is 19.2. The van der Waals surface area contributed by atoms with Crippen LogP contribution in [-0.2, 0) is 15.0 Å². The highest BCUT2D eigenvalue weighted by Gasteiger charge is 2.43. The van der Waals surface area contributed by atoms with Crippen molar-refractivity contribution in [2.75, 3.05) is 14.1 Å². The Bertz CT molecular complexity index is 686. The number of carboxylic acid groups (broad SMARTS) is 1. The molecular weight excluding hydrogens is 326 g/mol. The lowest BCUT2D eigenvalue weighted by molar-refractivity contribution is -0.138. The third-order valence-electron chi connectivity index (χ3n) is 5.01. The summed E-state index contributed by atoms with van der Waals surface area (Å²) >= 11 is 0. The Balaban J connectivity index is 2.66. The van der Waals surface area contributed by atoms with Crippen LogP contribution in [0.3, 0.4) is 0 Å². The lowest BCUT2D eigenvalue weighted by Gasteiger charge is -2.38. The molecule has 0 amide bonds. The molecule has 0 spiro atoms. The molecule has 0 heterocycles. The molecule has 2 aromatic carbocycles. The van der Waals surface area contributed by atoms with Gasteiger partial charge in [-0.2, -0.15) is 0 Å². The van der Waals surface area contributed by atoms with E-state index in [1.54, 1.807) is 0 Å². The van der Waals surface area contributed by atoms with Crippen LogP contribution in [0.4, 0.5) is 0 Å². The SMILES string of the molecule is CCC(=O)C(C[C@H](CC(=O)O)N(C)C)(c1ccccc1)c1ccccc1. The third-order valence-corrected chi connectivity index (χ3v) is 5.01. The second kappa shape index (κ2) is 8.77. The summed E-state index contributed by atoms with van der Waals surface area (Å²) in [7, 11) is 3.73. The van der Waals surface area contributed by atoms with Gasteiger partial charge in [-0.25, -0.2) is 0 Å². The van der Waals surface area contributed by atoms with Gasteiger partial charge in [0.2, 0.25) is 0 Å². The lowest BCUT2D eigenvalue weighted by Crippen LogP contribution is -2.44. The Hall–Kier alpha value is -2.46. The van der Waals surface area contributed by atoms with E-state index >= 15 is 0 Å². The van der Waals surface area contributed by atoms with E-state index in [0.717, 1.165) is 11.1 Å². The Morgan fingerprint density at radius 2 is 1.42 bits per heavy atom. The first kappa shape index (κ1) is 19.9. The van der Waals surface area contributed by atoms with E-state index in [2.05, 4.69) is 0 Å². The molecule has 0 aromatic heterocycles. The van der Waals surface area contributed by atoms with Crippen molar-refractivity contribution in [2.24, 2.45) is 0 Å². The van der Waals surface area contributed by atoms with Crippen LogP contribution < -0.4 is 0 Å². The lowest BCUT2D eigenvalue weighted by atomic mass is 9.66. The molecule has 2 rings (SSSR count). The second-order valence-corrected chi connectivity index (χ2v) is 6.83. The van der Waals surface area contributed by atoms with Crippen molar-refractivity contribution in [1.29, 1.82) is 0 Å². The van der Waals surface area contributed by atoms with Gasteiger partial charge in [-0.05, 0) is 31.6 Å². The molecule has 0 bridgehead atoms. The van der Waals surface area contributed by atoms with Crippen LogP contribution in [0.2, 0.25) is 0 Å². The van der Waals surface area contributed by atoms with Crippen LogP contribution >= 0.6 is 0 Å². The summed E-state index contributed by atoms with van der Waals surface area (Å²) in [5.41, 5.74) is 0.965. The largest absolute Gasteiger partial charge is 0.481 e. The number of carboxylic acids is 1. The number of carbonyl (C=O) groups is 2. The molecule has 4 nitrogen and oxygen atoms in total. The molecule has 0 aliphatic rings. The summed E-state index contributed by atoms with van der Waals surface area (Å²) in [4.78, 5) is 26.6. The number of carbonyl (C=O) groups excluding carboxylic acids is 1. The fourth-order valence-electron chi connectivity index (χ4n) is 3.58. The monoisotopic (exact) mass is 353 g/mol. The van der Waals surface area contributed by atoms with E-state index in [-0.39, 0.29) is 18.2 Å². The molecule has 26 heavy (non-hydrogen) atoms. The van der Waals surface area contributed by atoms with Crippen molar-refractivity contribution in [3.05, 3.63) is 71.8 Å². The summed E-state index contributed by atoms with van der Waals surface area (Å²) in [6, 6.07) is 19.2. The minimum Gasteiger partial charge on any atom is -0.481 e. The van der Waals surface area contributed by atoms with E-state index < -0.39 is 11.4 Å². The molecule has 1 atom stereocenters. The number of hydrogen-bond donors (Lipinski definition) is 1. The summed E-state index contributed by atoms with van der Waals surface area (Å²) in [5.74, 6) is -0.755. The van der Waals surface area contributed by atoms with Crippen molar-refractivity contribution in [3.63, 3.8) is 0 Å². The highest BCUT2D eigenvalue weighted by atomic mass is 16.4. The van der Waals surface area contributed by atoms with Gasteiger partial charge in [-0.3, -0.25) is 9.59 Å². The number of Topliss-reactive ketones (excluding diaryl/α,β-unsaturated/α-hetero) is 1. The van der Waals surface area contributed by atoms with Crippen molar-refractivity contribution < 1.29 is 14.7 Å². The average molecular weight is 353 g/mol. The Kier molecular flexibility index (Phi) is 6.70. The van der Waals surface area contributed by atoms with Gasteiger partial charge < -0.3 is 10.0 Å². The summed E-state index contributed by atoms with van der Waals surface area (Å²) in [6.07, 6.45) is 0.801. The minimum atomic E-state index is -0.859. The van der Waals surface area contributed by atoms with Gasteiger partial charge in [-0.1, -0.05) is 67.6 Å². The smallest absolute Gasteiger partial charge is 0.304 e. The molecule has 0 aliphatic heterocycles. The normalized spacial score (nSPS) is 12.8. The zero-order valence-corrected chi connectivity index (χ0v) is 15.7. The summed E-state index contributed by atoms with van der Waals surface area (Å²) in [5, 5.41) is 9.35.